The second-order valence-corrected chi connectivity index (χ2v) is 8.92. The van der Waals surface area contributed by atoms with Gasteiger partial charge in [-0.3, -0.25) is 18.3 Å². The van der Waals surface area contributed by atoms with Crippen LogP contribution in [0.4, 0.5) is 0 Å². The third-order valence-electron chi connectivity index (χ3n) is 5.97. The van der Waals surface area contributed by atoms with Crippen molar-refractivity contribution in [2.75, 3.05) is 0 Å². The molecule has 6 rings (SSSR count). The maximum absolute atomic E-state index is 13.0. The summed E-state index contributed by atoms with van der Waals surface area (Å²) < 4.78 is 11.1. The van der Waals surface area contributed by atoms with Gasteiger partial charge in [-0.25, -0.2) is 0 Å². The Kier molecular flexibility index (Phi) is 5.22. The molecule has 0 unspecified atom stereocenters. The minimum absolute atomic E-state index is 0.0638. The van der Waals surface area contributed by atoms with Crippen molar-refractivity contribution in [1.82, 2.24) is 33.9 Å². The van der Waals surface area contributed by atoms with Gasteiger partial charge in [0.15, 0.2) is 11.0 Å². The normalized spacial score (nSPS) is 11.6. The van der Waals surface area contributed by atoms with E-state index in [4.69, 9.17) is 4.42 Å². The van der Waals surface area contributed by atoms with Gasteiger partial charge < -0.3 is 4.42 Å². The second-order valence-electron chi connectivity index (χ2n) is 7.97. The van der Waals surface area contributed by atoms with Gasteiger partial charge in [0.2, 0.25) is 5.78 Å². The molecule has 0 amide bonds. The molecule has 9 nitrogen and oxygen atoms in total. The summed E-state index contributed by atoms with van der Waals surface area (Å²) in [7, 11) is 0. The summed E-state index contributed by atoms with van der Waals surface area (Å²) >= 11 is 1.51. The third-order valence-corrected chi connectivity index (χ3v) is 6.89. The second kappa shape index (κ2) is 8.55. The number of nitrogens with zero attached hydrogens (tertiary/aromatic N) is 7. The highest BCUT2D eigenvalue weighted by atomic mass is 32.2. The topological polar surface area (TPSA) is 96.0 Å². The molecule has 0 bridgehead atoms. The lowest BCUT2D eigenvalue weighted by Crippen LogP contribution is -2.22. The van der Waals surface area contributed by atoms with Crippen molar-refractivity contribution in [3.05, 3.63) is 88.9 Å². The number of benzene rings is 2. The van der Waals surface area contributed by atoms with Gasteiger partial charge in [0.05, 0.1) is 28.5 Å². The lowest BCUT2D eigenvalue weighted by Gasteiger charge is -2.11. The number of thioether (sulfide) groups is 1. The number of fused-ring (bicyclic) bond motifs is 3. The molecule has 0 N–H and O–H groups in total. The maximum atomic E-state index is 13.0. The van der Waals surface area contributed by atoms with Crippen LogP contribution in [0.5, 0.6) is 0 Å². The fraction of sp³-hybridized carbons (Fsp3) is 0.160. The predicted molar refractivity (Wildman–Crippen MR) is 134 cm³/mol. The largest absolute Gasteiger partial charge is 0.469 e. The van der Waals surface area contributed by atoms with Crippen molar-refractivity contribution >= 4 is 28.4 Å². The summed E-state index contributed by atoms with van der Waals surface area (Å²) in [6.07, 6.45) is 1.65. The van der Waals surface area contributed by atoms with Crippen molar-refractivity contribution in [2.45, 2.75) is 31.3 Å². The van der Waals surface area contributed by atoms with E-state index >= 15 is 0 Å². The van der Waals surface area contributed by atoms with E-state index in [0.717, 1.165) is 33.5 Å². The van der Waals surface area contributed by atoms with E-state index in [2.05, 4.69) is 20.4 Å². The molecular formula is C25H21N7O2S. The summed E-state index contributed by atoms with van der Waals surface area (Å²) in [5.41, 5.74) is 2.56. The fourth-order valence-corrected chi connectivity index (χ4v) is 5.15. The van der Waals surface area contributed by atoms with Crippen LogP contribution in [-0.4, -0.2) is 33.9 Å². The highest BCUT2D eigenvalue weighted by molar-refractivity contribution is 7.98. The Balaban J connectivity index is 1.46. The van der Waals surface area contributed by atoms with Gasteiger partial charge in [-0.2, -0.15) is 0 Å². The Morgan fingerprint density at radius 1 is 0.943 bits per heavy atom. The first kappa shape index (κ1) is 21.4. The lowest BCUT2D eigenvalue weighted by atomic mass is 10.2. The first-order chi connectivity index (χ1) is 17.2. The molecule has 0 aliphatic heterocycles. The molecule has 35 heavy (non-hydrogen) atoms. The number of hydrogen-bond donors (Lipinski definition) is 0. The third kappa shape index (κ3) is 3.45. The Hall–Kier alpha value is -4.18. The van der Waals surface area contributed by atoms with Gasteiger partial charge in [0, 0.05) is 12.2 Å². The molecule has 4 aromatic heterocycles. The molecule has 0 aliphatic carbocycles. The quantitative estimate of drug-likeness (QED) is 0.322. The van der Waals surface area contributed by atoms with Crippen LogP contribution in [0.1, 0.15) is 18.5 Å². The first-order valence-electron chi connectivity index (χ1n) is 11.2. The summed E-state index contributed by atoms with van der Waals surface area (Å²) in [6, 6.07) is 19.4. The smallest absolute Gasteiger partial charge is 0.262 e. The molecule has 0 aliphatic rings. The van der Waals surface area contributed by atoms with Crippen LogP contribution in [0.15, 0.2) is 81.3 Å². The van der Waals surface area contributed by atoms with Crippen molar-refractivity contribution in [1.29, 1.82) is 0 Å². The summed E-state index contributed by atoms with van der Waals surface area (Å²) in [4.78, 5) is 13.0. The van der Waals surface area contributed by atoms with E-state index in [0.29, 0.717) is 29.3 Å². The molecule has 0 fully saturated rings. The van der Waals surface area contributed by atoms with Gasteiger partial charge in [0.25, 0.3) is 5.56 Å². The molecule has 0 spiro atoms. The van der Waals surface area contributed by atoms with E-state index in [1.54, 1.807) is 10.8 Å². The van der Waals surface area contributed by atoms with Crippen molar-refractivity contribution in [3.8, 4) is 17.1 Å². The van der Waals surface area contributed by atoms with Gasteiger partial charge in [-0.15, -0.1) is 20.4 Å². The number of rotatable bonds is 6. The monoisotopic (exact) mass is 483 g/mol. The number of furan rings is 1. The minimum Gasteiger partial charge on any atom is -0.469 e. The van der Waals surface area contributed by atoms with Crippen molar-refractivity contribution in [2.24, 2.45) is 0 Å². The average Bonchev–Trinajstić information content (AvgIpc) is 3.62. The van der Waals surface area contributed by atoms with E-state index in [1.807, 2.05) is 83.5 Å². The average molecular weight is 484 g/mol. The first-order valence-corrected chi connectivity index (χ1v) is 12.2. The van der Waals surface area contributed by atoms with Crippen LogP contribution in [-0.2, 0) is 12.3 Å². The van der Waals surface area contributed by atoms with Crippen LogP contribution in [0.3, 0.4) is 0 Å². The van der Waals surface area contributed by atoms with Crippen LogP contribution in [0.25, 0.3) is 33.8 Å². The molecule has 2 aromatic carbocycles. The Morgan fingerprint density at radius 2 is 1.74 bits per heavy atom. The molecule has 0 atom stereocenters. The molecule has 0 radical (unpaired) electrons. The molecule has 10 heteroatoms. The molecule has 6 aromatic rings. The van der Waals surface area contributed by atoms with Crippen LogP contribution < -0.4 is 5.56 Å². The molecule has 0 saturated heterocycles. The molecule has 4 heterocycles. The summed E-state index contributed by atoms with van der Waals surface area (Å²) in [5, 5.41) is 19.1. The Morgan fingerprint density at radius 3 is 2.51 bits per heavy atom. The molecular weight excluding hydrogens is 462 g/mol. The fourth-order valence-electron chi connectivity index (χ4n) is 4.29. The summed E-state index contributed by atoms with van der Waals surface area (Å²) in [5.74, 6) is 3.24. The maximum Gasteiger partial charge on any atom is 0.262 e. The number of aryl methyl sites for hydroxylation is 2. The van der Waals surface area contributed by atoms with Crippen LogP contribution in [0, 0.1) is 6.92 Å². The molecule has 0 saturated carbocycles. The van der Waals surface area contributed by atoms with E-state index in [-0.39, 0.29) is 5.56 Å². The number of hydrogen-bond acceptors (Lipinski definition) is 7. The van der Waals surface area contributed by atoms with Gasteiger partial charge in [-0.05, 0) is 44.2 Å². The van der Waals surface area contributed by atoms with Crippen LogP contribution >= 0.6 is 11.8 Å². The van der Waals surface area contributed by atoms with Gasteiger partial charge in [-0.1, -0.05) is 42.1 Å². The predicted octanol–water partition coefficient (Wildman–Crippen LogP) is 4.51. The summed E-state index contributed by atoms with van der Waals surface area (Å²) in [6.45, 7) is 4.35. The highest BCUT2D eigenvalue weighted by Gasteiger charge is 2.21. The van der Waals surface area contributed by atoms with Crippen molar-refractivity contribution in [3.63, 3.8) is 0 Å². The van der Waals surface area contributed by atoms with Crippen molar-refractivity contribution < 1.29 is 4.42 Å². The van der Waals surface area contributed by atoms with E-state index in [9.17, 15) is 4.79 Å². The number of aromatic nitrogens is 7. The standard InChI is InChI=1S/C25H21N7O2S/c1-3-30-23(33)19-11-7-8-12-20(19)32-21(26-28-24(30)32)15-35-25-29-27-22(18-13-14-34-16(18)2)31(25)17-9-5-4-6-10-17/h4-14H,3,15H2,1-2H3. The lowest BCUT2D eigenvalue weighted by molar-refractivity contribution is 0.535. The minimum atomic E-state index is -0.0638. The Labute approximate surface area is 204 Å². The SMILES string of the molecule is CCn1c(=O)c2ccccc2n2c(CSc3nnc(-c4ccoc4C)n3-c3ccccc3)nnc12. The van der Waals surface area contributed by atoms with E-state index < -0.39 is 0 Å². The van der Waals surface area contributed by atoms with Crippen LogP contribution in [0.2, 0.25) is 0 Å². The zero-order valence-corrected chi connectivity index (χ0v) is 19.9. The Bertz CT molecular complexity index is 1730. The highest BCUT2D eigenvalue weighted by Crippen LogP contribution is 2.31. The zero-order chi connectivity index (χ0) is 23.9. The van der Waals surface area contributed by atoms with Gasteiger partial charge >= 0.3 is 0 Å². The molecule has 174 valence electrons. The zero-order valence-electron chi connectivity index (χ0n) is 19.1. The van der Waals surface area contributed by atoms with E-state index in [1.165, 1.54) is 11.8 Å². The number of para-hydroxylation sites is 2. The van der Waals surface area contributed by atoms with Gasteiger partial charge in [0.1, 0.15) is 11.6 Å².